The van der Waals surface area contributed by atoms with Crippen LogP contribution in [0.25, 0.3) is 0 Å². The first-order chi connectivity index (χ1) is 9.58. The van der Waals surface area contributed by atoms with Gasteiger partial charge in [-0.05, 0) is 31.2 Å². The number of esters is 1. The Labute approximate surface area is 114 Å². The smallest absolute Gasteiger partial charge is 0.345 e. The molecule has 0 unspecified atom stereocenters. The van der Waals surface area contributed by atoms with Crippen molar-refractivity contribution >= 4 is 11.9 Å². The molecule has 0 saturated carbocycles. The van der Waals surface area contributed by atoms with Crippen LogP contribution in [-0.2, 0) is 4.74 Å². The van der Waals surface area contributed by atoms with E-state index in [1.165, 1.54) is 24.3 Å². The Kier molecular flexibility index (Phi) is 4.19. The number of nitrogens with zero attached hydrogens (tertiary/aromatic N) is 1. The quantitative estimate of drug-likeness (QED) is 0.665. The van der Waals surface area contributed by atoms with Gasteiger partial charge in [-0.3, -0.25) is 0 Å². The fourth-order valence-electron chi connectivity index (χ4n) is 1.53. The van der Waals surface area contributed by atoms with Gasteiger partial charge >= 0.3 is 5.97 Å². The van der Waals surface area contributed by atoms with Gasteiger partial charge in [-0.2, -0.15) is 0 Å². The number of carbonyl (C=O) groups excluding carboxylic acids is 1. The lowest BCUT2D eigenvalue weighted by Gasteiger charge is -2.07. The number of ether oxygens (including phenoxy) is 2. The summed E-state index contributed by atoms with van der Waals surface area (Å²) in [6.07, 6.45) is 0. The summed E-state index contributed by atoms with van der Waals surface area (Å²) < 4.78 is 27.6. The molecule has 2 aromatic rings. The second kappa shape index (κ2) is 6.05. The molecule has 106 valence electrons. The summed E-state index contributed by atoms with van der Waals surface area (Å²) in [4.78, 5) is 11.7. The summed E-state index contributed by atoms with van der Waals surface area (Å²) in [7, 11) is 0. The Balaban J connectivity index is 1.79. The number of hydrogen-bond donors (Lipinski definition) is 1. The number of benzene rings is 1. The molecule has 2 rings (SSSR count). The van der Waals surface area contributed by atoms with Crippen LogP contribution in [0.15, 0.2) is 28.8 Å². The number of carbonyl (C=O) groups is 1. The topological polar surface area (TPSA) is 87.6 Å². The highest BCUT2D eigenvalue weighted by Crippen LogP contribution is 2.16. The zero-order valence-electron chi connectivity index (χ0n) is 10.8. The maximum absolute atomic E-state index is 12.7. The number of aryl methyl sites for hydroxylation is 1. The monoisotopic (exact) mass is 280 g/mol. The van der Waals surface area contributed by atoms with Gasteiger partial charge in [0, 0.05) is 0 Å². The normalized spacial score (nSPS) is 10.3. The van der Waals surface area contributed by atoms with Crippen molar-refractivity contribution in [3.8, 4) is 5.75 Å². The second-order valence-corrected chi connectivity index (χ2v) is 3.95. The molecule has 0 bridgehead atoms. The van der Waals surface area contributed by atoms with E-state index in [0.29, 0.717) is 11.4 Å². The predicted molar refractivity (Wildman–Crippen MR) is 67.8 cm³/mol. The number of anilines is 1. The Morgan fingerprint density at radius 1 is 1.35 bits per heavy atom. The van der Waals surface area contributed by atoms with E-state index in [0.717, 1.165) is 0 Å². The lowest BCUT2D eigenvalue weighted by molar-refractivity contribution is 0.0450. The third-order valence-electron chi connectivity index (χ3n) is 2.49. The average molecular weight is 280 g/mol. The molecule has 1 heterocycles. The van der Waals surface area contributed by atoms with Gasteiger partial charge < -0.3 is 19.7 Å². The molecule has 0 aliphatic heterocycles. The lowest BCUT2D eigenvalue weighted by atomic mass is 10.2. The van der Waals surface area contributed by atoms with Crippen LogP contribution in [-0.4, -0.2) is 24.3 Å². The molecule has 0 atom stereocenters. The zero-order valence-corrected chi connectivity index (χ0v) is 10.8. The van der Waals surface area contributed by atoms with Gasteiger partial charge in [-0.25, -0.2) is 9.18 Å². The van der Waals surface area contributed by atoms with Gasteiger partial charge in [0.15, 0.2) is 0 Å². The largest absolute Gasteiger partial charge is 0.490 e. The molecule has 7 heteroatoms. The van der Waals surface area contributed by atoms with Crippen LogP contribution in [0.2, 0.25) is 0 Å². The van der Waals surface area contributed by atoms with Gasteiger partial charge in [0.2, 0.25) is 5.88 Å². The third-order valence-corrected chi connectivity index (χ3v) is 2.49. The van der Waals surface area contributed by atoms with Crippen molar-refractivity contribution in [1.82, 2.24) is 5.16 Å². The minimum Gasteiger partial charge on any atom is -0.490 e. The van der Waals surface area contributed by atoms with Gasteiger partial charge in [-0.15, -0.1) is 0 Å². The van der Waals surface area contributed by atoms with E-state index in [2.05, 4.69) is 9.68 Å². The molecular formula is C13H13FN2O4. The number of hydrogen-bond acceptors (Lipinski definition) is 6. The van der Waals surface area contributed by atoms with Crippen LogP contribution in [0.5, 0.6) is 5.75 Å². The Morgan fingerprint density at radius 2 is 2.05 bits per heavy atom. The molecular weight excluding hydrogens is 267 g/mol. The first-order valence-corrected chi connectivity index (χ1v) is 5.85. The standard InChI is InChI=1S/C13H13FN2O4/c1-8-11(12(15)20-16-8)13(17)19-7-6-18-10-4-2-9(14)3-5-10/h2-5H,6-7,15H2,1H3. The molecule has 0 spiro atoms. The van der Waals surface area contributed by atoms with E-state index >= 15 is 0 Å². The first-order valence-electron chi connectivity index (χ1n) is 5.85. The maximum Gasteiger partial charge on any atom is 0.345 e. The van der Waals surface area contributed by atoms with Crippen LogP contribution >= 0.6 is 0 Å². The summed E-state index contributed by atoms with van der Waals surface area (Å²) in [6, 6.07) is 5.53. The van der Waals surface area contributed by atoms with Crippen molar-refractivity contribution in [3.63, 3.8) is 0 Å². The summed E-state index contributed by atoms with van der Waals surface area (Å²) in [5.74, 6) is -0.554. The summed E-state index contributed by atoms with van der Waals surface area (Å²) in [5.41, 5.74) is 5.94. The zero-order chi connectivity index (χ0) is 14.5. The van der Waals surface area contributed by atoms with Gasteiger partial charge in [0.25, 0.3) is 0 Å². The second-order valence-electron chi connectivity index (χ2n) is 3.95. The Hall–Kier alpha value is -2.57. The van der Waals surface area contributed by atoms with E-state index in [1.54, 1.807) is 6.92 Å². The van der Waals surface area contributed by atoms with Gasteiger partial charge in [0.1, 0.15) is 30.3 Å². The molecule has 6 nitrogen and oxygen atoms in total. The van der Waals surface area contributed by atoms with Crippen molar-refractivity contribution in [2.45, 2.75) is 6.92 Å². The maximum atomic E-state index is 12.7. The van der Waals surface area contributed by atoms with Crippen LogP contribution in [0.3, 0.4) is 0 Å². The molecule has 1 aromatic heterocycles. The van der Waals surface area contributed by atoms with E-state index in [-0.39, 0.29) is 30.5 Å². The number of nitrogen functional groups attached to an aromatic ring is 1. The van der Waals surface area contributed by atoms with Crippen molar-refractivity contribution < 1.29 is 23.2 Å². The van der Waals surface area contributed by atoms with Gasteiger partial charge in [0.05, 0.1) is 5.69 Å². The highest BCUT2D eigenvalue weighted by molar-refractivity contribution is 5.94. The van der Waals surface area contributed by atoms with Crippen molar-refractivity contribution in [1.29, 1.82) is 0 Å². The molecule has 0 aliphatic rings. The predicted octanol–water partition coefficient (Wildman–Crippen LogP) is 1.94. The molecule has 0 fully saturated rings. The molecule has 2 N–H and O–H groups in total. The average Bonchev–Trinajstić information content (AvgIpc) is 2.76. The van der Waals surface area contributed by atoms with Crippen LogP contribution in [0.4, 0.5) is 10.3 Å². The fraction of sp³-hybridized carbons (Fsp3) is 0.231. The molecule has 0 radical (unpaired) electrons. The minimum absolute atomic E-state index is 0.0280. The Bertz CT molecular complexity index is 575. The SMILES string of the molecule is Cc1noc(N)c1C(=O)OCCOc1ccc(F)cc1. The van der Waals surface area contributed by atoms with E-state index in [9.17, 15) is 9.18 Å². The first kappa shape index (κ1) is 13.9. The molecule has 0 saturated heterocycles. The number of halogens is 1. The minimum atomic E-state index is -0.621. The van der Waals surface area contributed by atoms with E-state index in [1.807, 2.05) is 0 Å². The van der Waals surface area contributed by atoms with E-state index in [4.69, 9.17) is 15.2 Å². The highest BCUT2D eigenvalue weighted by atomic mass is 19.1. The van der Waals surface area contributed by atoms with Crippen molar-refractivity contribution in [3.05, 3.63) is 41.3 Å². The highest BCUT2D eigenvalue weighted by Gasteiger charge is 2.19. The number of aromatic nitrogens is 1. The molecule has 0 amide bonds. The van der Waals surface area contributed by atoms with Crippen LogP contribution in [0, 0.1) is 12.7 Å². The van der Waals surface area contributed by atoms with Gasteiger partial charge in [-0.1, -0.05) is 5.16 Å². The lowest BCUT2D eigenvalue weighted by Crippen LogP contribution is -2.13. The molecule has 1 aromatic carbocycles. The summed E-state index contributed by atoms with van der Waals surface area (Å²) >= 11 is 0. The van der Waals surface area contributed by atoms with Crippen molar-refractivity contribution in [2.75, 3.05) is 18.9 Å². The summed E-state index contributed by atoms with van der Waals surface area (Å²) in [6.45, 7) is 1.76. The molecule has 0 aliphatic carbocycles. The Morgan fingerprint density at radius 3 is 2.65 bits per heavy atom. The molecule has 20 heavy (non-hydrogen) atoms. The van der Waals surface area contributed by atoms with Crippen LogP contribution < -0.4 is 10.5 Å². The third kappa shape index (κ3) is 3.25. The van der Waals surface area contributed by atoms with Crippen LogP contribution in [0.1, 0.15) is 16.1 Å². The van der Waals surface area contributed by atoms with E-state index < -0.39 is 5.97 Å². The summed E-state index contributed by atoms with van der Waals surface area (Å²) in [5, 5.41) is 3.55. The fourth-order valence-corrected chi connectivity index (χ4v) is 1.53. The number of nitrogens with two attached hydrogens (primary N) is 1. The number of rotatable bonds is 5. The van der Waals surface area contributed by atoms with Crippen molar-refractivity contribution in [2.24, 2.45) is 0 Å².